The van der Waals surface area contributed by atoms with Crippen LogP contribution in [-0.4, -0.2) is 30.0 Å². The van der Waals surface area contributed by atoms with Gasteiger partial charge in [0.15, 0.2) is 5.82 Å². The molecule has 0 radical (unpaired) electrons. The van der Waals surface area contributed by atoms with Crippen LogP contribution in [-0.2, 0) is 13.1 Å². The second kappa shape index (κ2) is 6.77. The highest BCUT2D eigenvalue weighted by molar-refractivity contribution is 5.60. The van der Waals surface area contributed by atoms with Crippen molar-refractivity contribution < 1.29 is 4.39 Å². The van der Waals surface area contributed by atoms with Gasteiger partial charge in [0.25, 0.3) is 0 Å². The molecule has 0 fully saturated rings. The summed E-state index contributed by atoms with van der Waals surface area (Å²) in [4.78, 5) is 0. The summed E-state index contributed by atoms with van der Waals surface area (Å²) in [5.74, 6) is 0.0683. The predicted octanol–water partition coefficient (Wildman–Crippen LogP) is 2.89. The first-order valence-electron chi connectivity index (χ1n) is 7.92. The number of nitrogens with one attached hydrogen (secondary N) is 1. The summed E-state index contributed by atoms with van der Waals surface area (Å²) in [7, 11) is 0. The molecule has 0 amide bonds. The fraction of sp³-hybridized carbons (Fsp3) is 0.375. The molecule has 0 aliphatic rings. The van der Waals surface area contributed by atoms with Crippen LogP contribution in [0.25, 0.3) is 11.4 Å². The molecule has 2 heterocycles. The lowest BCUT2D eigenvalue weighted by Crippen LogP contribution is -2.08. The molecule has 0 bridgehead atoms. The number of anilines is 1. The maximum absolute atomic E-state index is 14.5. The highest BCUT2D eigenvalue weighted by Gasteiger charge is 2.15. The normalized spacial score (nSPS) is 11.2. The molecule has 24 heavy (non-hydrogen) atoms. The zero-order valence-electron chi connectivity index (χ0n) is 13.9. The zero-order valence-corrected chi connectivity index (χ0v) is 13.9. The highest BCUT2D eigenvalue weighted by Crippen LogP contribution is 2.25. The summed E-state index contributed by atoms with van der Waals surface area (Å²) in [6.45, 7) is 7.31. The number of benzene rings is 1. The van der Waals surface area contributed by atoms with Crippen molar-refractivity contribution in [3.63, 3.8) is 0 Å². The van der Waals surface area contributed by atoms with Gasteiger partial charge in [-0.3, -0.25) is 4.68 Å². The lowest BCUT2D eigenvalue weighted by Gasteiger charge is -2.11. The molecule has 0 aliphatic heterocycles. The first kappa shape index (κ1) is 16.1. The van der Waals surface area contributed by atoms with Gasteiger partial charge >= 0.3 is 0 Å². The van der Waals surface area contributed by atoms with E-state index in [1.54, 1.807) is 16.9 Å². The quantitative estimate of drug-likeness (QED) is 0.753. The molecule has 7 nitrogen and oxygen atoms in total. The van der Waals surface area contributed by atoms with E-state index in [-0.39, 0.29) is 11.9 Å². The monoisotopic (exact) mass is 329 g/mol. The third-order valence-electron chi connectivity index (χ3n) is 3.77. The largest absolute Gasteiger partial charge is 0.379 e. The molecule has 1 N–H and O–H groups in total. The smallest absolute Gasteiger partial charge is 0.185 e. The number of rotatable bonds is 6. The van der Waals surface area contributed by atoms with Crippen molar-refractivity contribution in [2.24, 2.45) is 0 Å². The van der Waals surface area contributed by atoms with Crippen LogP contribution in [0.15, 0.2) is 30.5 Å². The third kappa shape index (κ3) is 3.12. The summed E-state index contributed by atoms with van der Waals surface area (Å²) < 4.78 is 18.0. The van der Waals surface area contributed by atoms with E-state index in [1.165, 1.54) is 6.07 Å². The van der Waals surface area contributed by atoms with Gasteiger partial charge in [-0.05, 0) is 55.5 Å². The summed E-state index contributed by atoms with van der Waals surface area (Å²) in [5, 5.41) is 18.9. The zero-order chi connectivity index (χ0) is 17.1. The van der Waals surface area contributed by atoms with Gasteiger partial charge in [-0.25, -0.2) is 9.07 Å². The number of hydrogen-bond donors (Lipinski definition) is 1. The average Bonchev–Trinajstić information content (AvgIpc) is 3.21. The molecule has 8 heteroatoms. The van der Waals surface area contributed by atoms with Crippen molar-refractivity contribution in [2.75, 3.05) is 5.32 Å². The van der Waals surface area contributed by atoms with Crippen molar-refractivity contribution in [1.82, 2.24) is 30.0 Å². The van der Waals surface area contributed by atoms with E-state index in [2.05, 4.69) is 25.9 Å². The van der Waals surface area contributed by atoms with Crippen molar-refractivity contribution in [1.29, 1.82) is 0 Å². The van der Waals surface area contributed by atoms with E-state index in [0.29, 0.717) is 23.6 Å². The van der Waals surface area contributed by atoms with Crippen LogP contribution in [0.2, 0.25) is 0 Å². The molecule has 0 aliphatic carbocycles. The Hall–Kier alpha value is -2.77. The van der Waals surface area contributed by atoms with Crippen LogP contribution in [0.5, 0.6) is 0 Å². The van der Waals surface area contributed by atoms with Crippen LogP contribution in [0, 0.1) is 5.82 Å². The van der Waals surface area contributed by atoms with E-state index >= 15 is 0 Å². The molecule has 0 atom stereocenters. The standard InChI is InChI=1S/C16H20FN7/c1-4-23-13(7-8-19-23)10-18-12-5-6-14(15(17)9-12)16-20-21-22-24(16)11(2)3/h5-9,11,18H,4,10H2,1-3H3. The van der Waals surface area contributed by atoms with Gasteiger partial charge in [-0.2, -0.15) is 5.10 Å². The van der Waals surface area contributed by atoms with Crippen LogP contribution in [0.1, 0.15) is 32.5 Å². The first-order valence-corrected chi connectivity index (χ1v) is 7.92. The first-order chi connectivity index (χ1) is 11.6. The number of tetrazole rings is 1. The summed E-state index contributed by atoms with van der Waals surface area (Å²) in [5.41, 5.74) is 2.13. The van der Waals surface area contributed by atoms with Crippen molar-refractivity contribution in [3.05, 3.63) is 42.0 Å². The Morgan fingerprint density at radius 1 is 1.25 bits per heavy atom. The summed E-state index contributed by atoms with van der Waals surface area (Å²) >= 11 is 0. The molecule has 0 spiro atoms. The maximum atomic E-state index is 14.5. The van der Waals surface area contributed by atoms with E-state index in [1.807, 2.05) is 37.6 Å². The third-order valence-corrected chi connectivity index (χ3v) is 3.77. The van der Waals surface area contributed by atoms with E-state index in [4.69, 9.17) is 0 Å². The Morgan fingerprint density at radius 3 is 2.79 bits per heavy atom. The number of nitrogens with zero attached hydrogens (tertiary/aromatic N) is 6. The fourth-order valence-electron chi connectivity index (χ4n) is 2.51. The van der Waals surface area contributed by atoms with Gasteiger partial charge in [0.2, 0.25) is 0 Å². The molecule has 0 saturated carbocycles. The number of halogens is 1. The van der Waals surface area contributed by atoms with Crippen LogP contribution < -0.4 is 5.32 Å². The number of aromatic nitrogens is 6. The van der Waals surface area contributed by atoms with Crippen LogP contribution >= 0.6 is 0 Å². The van der Waals surface area contributed by atoms with Crippen molar-refractivity contribution in [2.45, 2.75) is 39.9 Å². The SMILES string of the molecule is CCn1nccc1CNc1ccc(-c2nnnn2C(C)C)c(F)c1. The van der Waals surface area contributed by atoms with Gasteiger partial charge in [-0.15, -0.1) is 5.10 Å². The Kier molecular flexibility index (Phi) is 4.54. The van der Waals surface area contributed by atoms with Gasteiger partial charge in [0.05, 0.1) is 23.8 Å². The van der Waals surface area contributed by atoms with E-state index in [0.717, 1.165) is 12.2 Å². The van der Waals surface area contributed by atoms with E-state index in [9.17, 15) is 4.39 Å². The van der Waals surface area contributed by atoms with Gasteiger partial charge in [-0.1, -0.05) is 0 Å². The Bertz CT molecular complexity index is 821. The lowest BCUT2D eigenvalue weighted by molar-refractivity contribution is 0.517. The molecule has 0 saturated heterocycles. The minimum Gasteiger partial charge on any atom is -0.379 e. The topological polar surface area (TPSA) is 73.5 Å². The second-order valence-corrected chi connectivity index (χ2v) is 5.73. The van der Waals surface area contributed by atoms with Gasteiger partial charge in [0.1, 0.15) is 5.82 Å². The average molecular weight is 329 g/mol. The summed E-state index contributed by atoms with van der Waals surface area (Å²) in [6.07, 6.45) is 1.76. The van der Waals surface area contributed by atoms with Crippen LogP contribution in [0.4, 0.5) is 10.1 Å². The van der Waals surface area contributed by atoms with Gasteiger partial charge in [0, 0.05) is 18.4 Å². The molecule has 3 rings (SSSR count). The molecule has 3 aromatic rings. The van der Waals surface area contributed by atoms with Gasteiger partial charge < -0.3 is 5.32 Å². The minimum atomic E-state index is -0.360. The lowest BCUT2D eigenvalue weighted by atomic mass is 10.1. The van der Waals surface area contributed by atoms with Crippen molar-refractivity contribution >= 4 is 5.69 Å². The second-order valence-electron chi connectivity index (χ2n) is 5.73. The molecule has 126 valence electrons. The molecular formula is C16H20FN7. The Balaban J connectivity index is 1.79. The van der Waals surface area contributed by atoms with E-state index < -0.39 is 0 Å². The van der Waals surface area contributed by atoms with Crippen molar-refractivity contribution in [3.8, 4) is 11.4 Å². The molecule has 2 aromatic heterocycles. The highest BCUT2D eigenvalue weighted by atomic mass is 19.1. The number of hydrogen-bond acceptors (Lipinski definition) is 5. The Morgan fingerprint density at radius 2 is 2.08 bits per heavy atom. The fourth-order valence-corrected chi connectivity index (χ4v) is 2.51. The maximum Gasteiger partial charge on any atom is 0.185 e. The predicted molar refractivity (Wildman–Crippen MR) is 88.8 cm³/mol. The molecular weight excluding hydrogens is 309 g/mol. The van der Waals surface area contributed by atoms with Crippen LogP contribution in [0.3, 0.4) is 0 Å². The summed E-state index contributed by atoms with van der Waals surface area (Å²) in [6, 6.07) is 6.98. The molecule has 0 unspecified atom stereocenters. The number of aryl methyl sites for hydroxylation is 1. The minimum absolute atomic E-state index is 0.0570. The Labute approximate surface area is 139 Å². The molecule has 1 aromatic carbocycles.